The van der Waals surface area contributed by atoms with E-state index in [2.05, 4.69) is 10.3 Å². The molecule has 0 amide bonds. The van der Waals surface area contributed by atoms with Gasteiger partial charge in [0, 0.05) is 24.1 Å². The van der Waals surface area contributed by atoms with Crippen LogP contribution in [0.2, 0.25) is 0 Å². The summed E-state index contributed by atoms with van der Waals surface area (Å²) < 4.78 is 24.7. The van der Waals surface area contributed by atoms with Crippen LogP contribution in [0.1, 0.15) is 24.8 Å². The summed E-state index contributed by atoms with van der Waals surface area (Å²) in [5.74, 6) is 0.117. The van der Waals surface area contributed by atoms with Crippen molar-refractivity contribution in [3.8, 4) is 0 Å². The van der Waals surface area contributed by atoms with E-state index in [1.165, 1.54) is 19.3 Å². The van der Waals surface area contributed by atoms with E-state index in [0.29, 0.717) is 17.4 Å². The van der Waals surface area contributed by atoms with Crippen molar-refractivity contribution in [2.45, 2.75) is 36.6 Å². The molecule has 1 heterocycles. The molecule has 3 rings (SSSR count). The molecule has 4 nitrogen and oxygen atoms in total. The second-order valence-corrected chi connectivity index (χ2v) is 7.83. The number of pyridine rings is 1. The average Bonchev–Trinajstić information content (AvgIpc) is 2.51. The first kappa shape index (κ1) is 15.0. The largest absolute Gasteiger partial charge is 0.382 e. The molecule has 0 radical (unpaired) electrons. The Hall–Kier alpha value is -1.88. The summed E-state index contributed by atoms with van der Waals surface area (Å²) in [5, 5.41) is 3.41. The number of rotatable bonds is 6. The quantitative estimate of drug-likeness (QED) is 0.890. The molecule has 0 aliphatic heterocycles. The molecule has 0 bridgehead atoms. The summed E-state index contributed by atoms with van der Waals surface area (Å²) in [4.78, 5) is 4.33. The third-order valence-electron chi connectivity index (χ3n) is 4.10. The number of benzene rings is 1. The number of sulfone groups is 1. The Balaban J connectivity index is 1.63. The minimum Gasteiger partial charge on any atom is -0.382 e. The number of aromatic nitrogens is 1. The van der Waals surface area contributed by atoms with Crippen LogP contribution in [0.25, 0.3) is 0 Å². The highest BCUT2D eigenvalue weighted by atomic mass is 32.2. The normalized spacial score (nSPS) is 15.3. The molecule has 1 aromatic heterocycles. The molecule has 116 valence electrons. The highest BCUT2D eigenvalue weighted by Crippen LogP contribution is 2.24. The molecule has 1 N–H and O–H groups in total. The van der Waals surface area contributed by atoms with Crippen LogP contribution < -0.4 is 5.32 Å². The molecule has 0 unspecified atom stereocenters. The van der Waals surface area contributed by atoms with E-state index in [1.807, 2.05) is 24.3 Å². The highest BCUT2D eigenvalue weighted by Gasteiger charge is 2.18. The first-order chi connectivity index (χ1) is 10.6. The molecule has 1 aliphatic carbocycles. The zero-order valence-electron chi connectivity index (χ0n) is 12.4. The van der Waals surface area contributed by atoms with Gasteiger partial charge >= 0.3 is 0 Å². The number of hydrogen-bond donors (Lipinski definition) is 1. The minimum atomic E-state index is -3.24. The predicted molar refractivity (Wildman–Crippen MR) is 87.7 cm³/mol. The molecule has 0 atom stereocenters. The Kier molecular flexibility index (Phi) is 4.43. The molecule has 1 saturated carbocycles. The van der Waals surface area contributed by atoms with Crippen molar-refractivity contribution in [2.24, 2.45) is 0 Å². The van der Waals surface area contributed by atoms with Crippen LogP contribution in [0.3, 0.4) is 0 Å². The Labute approximate surface area is 131 Å². The monoisotopic (exact) mass is 316 g/mol. The van der Waals surface area contributed by atoms with Gasteiger partial charge in [0.15, 0.2) is 9.84 Å². The van der Waals surface area contributed by atoms with Gasteiger partial charge in [-0.25, -0.2) is 8.42 Å². The molecular formula is C17H20N2O2S. The van der Waals surface area contributed by atoms with Gasteiger partial charge in [0.25, 0.3) is 0 Å². The predicted octanol–water partition coefficient (Wildman–Crippen LogP) is 3.06. The highest BCUT2D eigenvalue weighted by molar-refractivity contribution is 7.91. The fourth-order valence-corrected chi connectivity index (χ4v) is 3.76. The standard InChI is InChI=1S/C17H20N2O2S/c20-22(21,13-10-14-8-11-18-12-9-14)17-6-4-16(5-7-17)19-15-2-1-3-15/h4-9,11-12,15,19H,1-3,10,13H2. The summed E-state index contributed by atoms with van der Waals surface area (Å²) in [6, 6.07) is 11.4. The Morgan fingerprint density at radius 3 is 2.32 bits per heavy atom. The zero-order chi connectivity index (χ0) is 15.4. The van der Waals surface area contributed by atoms with Gasteiger partial charge in [-0.05, 0) is 67.6 Å². The van der Waals surface area contributed by atoms with E-state index in [1.54, 1.807) is 24.5 Å². The van der Waals surface area contributed by atoms with Gasteiger partial charge in [-0.2, -0.15) is 0 Å². The molecule has 1 aromatic carbocycles. The van der Waals surface area contributed by atoms with Gasteiger partial charge in [0.05, 0.1) is 10.6 Å². The van der Waals surface area contributed by atoms with E-state index in [9.17, 15) is 8.42 Å². The van der Waals surface area contributed by atoms with E-state index in [0.717, 1.165) is 11.3 Å². The van der Waals surface area contributed by atoms with Crippen molar-refractivity contribution in [3.63, 3.8) is 0 Å². The first-order valence-electron chi connectivity index (χ1n) is 7.62. The van der Waals surface area contributed by atoms with Crippen molar-refractivity contribution in [1.29, 1.82) is 0 Å². The van der Waals surface area contributed by atoms with Gasteiger partial charge in [-0.1, -0.05) is 0 Å². The fourth-order valence-electron chi connectivity index (χ4n) is 2.47. The maximum atomic E-state index is 12.4. The smallest absolute Gasteiger partial charge is 0.178 e. The lowest BCUT2D eigenvalue weighted by molar-refractivity contribution is 0.445. The van der Waals surface area contributed by atoms with Crippen molar-refractivity contribution >= 4 is 15.5 Å². The maximum Gasteiger partial charge on any atom is 0.178 e. The molecule has 0 spiro atoms. The van der Waals surface area contributed by atoms with Gasteiger partial charge < -0.3 is 5.32 Å². The summed E-state index contributed by atoms with van der Waals surface area (Å²) in [5.41, 5.74) is 1.99. The first-order valence-corrected chi connectivity index (χ1v) is 9.27. The van der Waals surface area contributed by atoms with Gasteiger partial charge in [0.2, 0.25) is 0 Å². The number of nitrogens with one attached hydrogen (secondary N) is 1. The van der Waals surface area contributed by atoms with E-state index < -0.39 is 9.84 Å². The second-order valence-electron chi connectivity index (χ2n) is 5.72. The fraction of sp³-hybridized carbons (Fsp3) is 0.353. The van der Waals surface area contributed by atoms with Crippen LogP contribution in [0, 0.1) is 0 Å². The lowest BCUT2D eigenvalue weighted by atomic mass is 9.93. The van der Waals surface area contributed by atoms with Crippen LogP contribution in [0.15, 0.2) is 53.7 Å². The van der Waals surface area contributed by atoms with E-state index in [4.69, 9.17) is 0 Å². The number of anilines is 1. The summed E-state index contributed by atoms with van der Waals surface area (Å²) >= 11 is 0. The summed E-state index contributed by atoms with van der Waals surface area (Å²) in [6.45, 7) is 0. The van der Waals surface area contributed by atoms with Crippen molar-refractivity contribution in [2.75, 3.05) is 11.1 Å². The Bertz CT molecular complexity index is 708. The van der Waals surface area contributed by atoms with Crippen molar-refractivity contribution in [1.82, 2.24) is 4.98 Å². The van der Waals surface area contributed by atoms with Crippen LogP contribution in [0.5, 0.6) is 0 Å². The van der Waals surface area contributed by atoms with Crippen molar-refractivity contribution < 1.29 is 8.42 Å². The van der Waals surface area contributed by atoms with Gasteiger partial charge in [0.1, 0.15) is 0 Å². The lowest BCUT2D eigenvalue weighted by Crippen LogP contribution is -2.26. The number of nitrogens with zero attached hydrogens (tertiary/aromatic N) is 1. The molecule has 1 fully saturated rings. The van der Waals surface area contributed by atoms with Gasteiger partial charge in [-0.3, -0.25) is 4.98 Å². The Morgan fingerprint density at radius 2 is 1.73 bits per heavy atom. The second kappa shape index (κ2) is 6.48. The van der Waals surface area contributed by atoms with Crippen molar-refractivity contribution in [3.05, 3.63) is 54.4 Å². The molecule has 0 saturated heterocycles. The zero-order valence-corrected chi connectivity index (χ0v) is 13.2. The van der Waals surface area contributed by atoms with E-state index >= 15 is 0 Å². The summed E-state index contributed by atoms with van der Waals surface area (Å²) in [7, 11) is -3.24. The molecule has 22 heavy (non-hydrogen) atoms. The van der Waals surface area contributed by atoms with Crippen LogP contribution in [-0.4, -0.2) is 25.2 Å². The molecular weight excluding hydrogens is 296 g/mol. The maximum absolute atomic E-state index is 12.4. The topological polar surface area (TPSA) is 59.1 Å². The molecule has 5 heteroatoms. The minimum absolute atomic E-state index is 0.117. The summed E-state index contributed by atoms with van der Waals surface area (Å²) in [6.07, 6.45) is 7.55. The third-order valence-corrected chi connectivity index (χ3v) is 5.83. The lowest BCUT2D eigenvalue weighted by Gasteiger charge is -2.27. The van der Waals surface area contributed by atoms with Crippen LogP contribution >= 0.6 is 0 Å². The Morgan fingerprint density at radius 1 is 1.05 bits per heavy atom. The van der Waals surface area contributed by atoms with Crippen LogP contribution in [0.4, 0.5) is 5.69 Å². The average molecular weight is 316 g/mol. The van der Waals surface area contributed by atoms with Gasteiger partial charge in [-0.15, -0.1) is 0 Å². The van der Waals surface area contributed by atoms with Crippen LogP contribution in [-0.2, 0) is 16.3 Å². The van der Waals surface area contributed by atoms with E-state index in [-0.39, 0.29) is 5.75 Å². The number of aryl methyl sites for hydroxylation is 1. The SMILES string of the molecule is O=S(=O)(CCc1ccncc1)c1ccc(NC2CCC2)cc1. The molecule has 1 aliphatic rings. The third kappa shape index (κ3) is 3.65. The number of hydrogen-bond acceptors (Lipinski definition) is 4. The molecule has 2 aromatic rings.